The van der Waals surface area contributed by atoms with E-state index in [9.17, 15) is 13.6 Å². The van der Waals surface area contributed by atoms with Crippen molar-refractivity contribution < 1.29 is 22.7 Å². The number of nitrogens with one attached hydrogen (secondary N) is 1. The van der Waals surface area contributed by atoms with E-state index in [0.717, 1.165) is 12.1 Å². The number of hydrogen-bond acceptors (Lipinski definition) is 6. The normalized spacial score (nSPS) is 11.6. The molecule has 146 valence electrons. The molecule has 2 aromatic carbocycles. The van der Waals surface area contributed by atoms with Gasteiger partial charge < -0.3 is 9.15 Å². The number of fused-ring (bicyclic) bond motifs is 1. The van der Waals surface area contributed by atoms with Crippen LogP contribution in [0.3, 0.4) is 0 Å². The lowest BCUT2D eigenvalue weighted by Gasteiger charge is -2.08. The van der Waals surface area contributed by atoms with Gasteiger partial charge in [-0.25, -0.2) is 18.8 Å². The van der Waals surface area contributed by atoms with Crippen molar-refractivity contribution in [2.75, 3.05) is 12.4 Å². The number of halogens is 2. The van der Waals surface area contributed by atoms with Crippen molar-refractivity contribution in [3.63, 3.8) is 0 Å². The first-order chi connectivity index (χ1) is 14.0. The molecule has 0 fully saturated rings. The number of carbonyl (C=O) groups excluding carboxylic acids is 1. The second kappa shape index (κ2) is 7.80. The molecule has 6 nitrogen and oxygen atoms in total. The maximum Gasteiger partial charge on any atom is 0.262 e. The summed E-state index contributed by atoms with van der Waals surface area (Å²) >= 11 is 1.24. The summed E-state index contributed by atoms with van der Waals surface area (Å²) in [6.45, 7) is 0. The topological polar surface area (TPSA) is 76.7 Å². The van der Waals surface area contributed by atoms with Crippen molar-refractivity contribution in [2.45, 2.75) is 0 Å². The average Bonchev–Trinajstić information content (AvgIpc) is 3.22. The zero-order valence-electron chi connectivity index (χ0n) is 15.0. The van der Waals surface area contributed by atoms with Crippen molar-refractivity contribution >= 4 is 39.0 Å². The van der Waals surface area contributed by atoms with Gasteiger partial charge in [-0.3, -0.25) is 10.1 Å². The third-order valence-corrected chi connectivity index (χ3v) is 4.68. The maximum absolute atomic E-state index is 14.1. The summed E-state index contributed by atoms with van der Waals surface area (Å²) < 4.78 is 38.4. The van der Waals surface area contributed by atoms with E-state index >= 15 is 0 Å². The standard InChI is InChI=1S/C20H13F2N3O3S/c1-27-16-4-2-3-11-9-13(18(26)25-20-23-7-8-29-20)19(28-17(11)16)24-15-6-5-12(21)10-14(15)22/h2-10H,1H3,(H,23,25,26). The van der Waals surface area contributed by atoms with E-state index < -0.39 is 17.5 Å². The van der Waals surface area contributed by atoms with E-state index in [2.05, 4.69) is 15.3 Å². The molecular weight excluding hydrogens is 400 g/mol. The van der Waals surface area contributed by atoms with Crippen LogP contribution in [0.1, 0.15) is 10.4 Å². The molecule has 1 amide bonds. The Morgan fingerprint density at radius 2 is 2.10 bits per heavy atom. The van der Waals surface area contributed by atoms with Crippen molar-refractivity contribution in [1.29, 1.82) is 0 Å². The van der Waals surface area contributed by atoms with E-state index in [0.29, 0.717) is 27.9 Å². The Balaban J connectivity index is 1.93. The summed E-state index contributed by atoms with van der Waals surface area (Å²) in [7, 11) is 1.48. The predicted octanol–water partition coefficient (Wildman–Crippen LogP) is 4.66. The highest BCUT2D eigenvalue weighted by Crippen LogP contribution is 2.26. The molecule has 2 heterocycles. The highest BCUT2D eigenvalue weighted by Gasteiger charge is 2.16. The molecule has 0 saturated heterocycles. The number of benzene rings is 2. The lowest BCUT2D eigenvalue weighted by Crippen LogP contribution is -2.21. The molecule has 29 heavy (non-hydrogen) atoms. The molecule has 0 aliphatic rings. The lowest BCUT2D eigenvalue weighted by molar-refractivity contribution is 0.102. The summed E-state index contributed by atoms with van der Waals surface area (Å²) in [6.07, 6.45) is 1.55. The SMILES string of the molecule is COc1cccc2cc(C(=O)Nc3nccs3)c(=Nc3ccc(F)cc3F)oc12. The monoisotopic (exact) mass is 413 g/mol. The molecule has 9 heteroatoms. The van der Waals surface area contributed by atoms with Crippen LogP contribution in [0, 0.1) is 11.6 Å². The van der Waals surface area contributed by atoms with Crippen LogP contribution in [0.5, 0.6) is 5.75 Å². The van der Waals surface area contributed by atoms with Gasteiger partial charge >= 0.3 is 0 Å². The number of carbonyl (C=O) groups is 1. The van der Waals surface area contributed by atoms with E-state index in [1.54, 1.807) is 35.8 Å². The number of anilines is 1. The van der Waals surface area contributed by atoms with Gasteiger partial charge in [0.15, 0.2) is 22.3 Å². The van der Waals surface area contributed by atoms with Gasteiger partial charge in [0.05, 0.1) is 7.11 Å². The van der Waals surface area contributed by atoms with Crippen LogP contribution in [0.25, 0.3) is 11.0 Å². The Labute approximate surface area is 167 Å². The first-order valence-electron chi connectivity index (χ1n) is 8.36. The molecule has 4 aromatic rings. The molecule has 0 aliphatic carbocycles. The highest BCUT2D eigenvalue weighted by atomic mass is 32.1. The third kappa shape index (κ3) is 3.85. The Morgan fingerprint density at radius 1 is 1.24 bits per heavy atom. The molecule has 0 saturated carbocycles. The van der Waals surface area contributed by atoms with Crippen LogP contribution in [-0.4, -0.2) is 18.0 Å². The van der Waals surface area contributed by atoms with Gasteiger partial charge in [0.25, 0.3) is 5.91 Å². The predicted molar refractivity (Wildman–Crippen MR) is 104 cm³/mol. The van der Waals surface area contributed by atoms with Gasteiger partial charge in [-0.15, -0.1) is 11.3 Å². The van der Waals surface area contributed by atoms with Crippen LogP contribution < -0.4 is 15.6 Å². The van der Waals surface area contributed by atoms with E-state index in [4.69, 9.17) is 9.15 Å². The zero-order chi connectivity index (χ0) is 20.4. The molecule has 2 aromatic heterocycles. The number of rotatable bonds is 4. The van der Waals surface area contributed by atoms with Crippen LogP contribution in [0.15, 0.2) is 63.5 Å². The number of nitrogens with zero attached hydrogens (tertiary/aromatic N) is 2. The number of aromatic nitrogens is 1. The molecule has 4 rings (SSSR count). The molecule has 0 aliphatic heterocycles. The quantitative estimate of drug-likeness (QED) is 0.528. The third-order valence-electron chi connectivity index (χ3n) is 3.99. The number of methoxy groups -OCH3 is 1. The largest absolute Gasteiger partial charge is 0.493 e. The van der Waals surface area contributed by atoms with Crippen LogP contribution in [0.2, 0.25) is 0 Å². The van der Waals surface area contributed by atoms with Crippen LogP contribution in [0.4, 0.5) is 19.6 Å². The number of ether oxygens (including phenoxy) is 1. The number of amides is 1. The lowest BCUT2D eigenvalue weighted by atomic mass is 10.1. The second-order valence-electron chi connectivity index (χ2n) is 5.84. The zero-order valence-corrected chi connectivity index (χ0v) is 15.8. The van der Waals surface area contributed by atoms with E-state index in [-0.39, 0.29) is 16.8 Å². The van der Waals surface area contributed by atoms with E-state index in [1.165, 1.54) is 18.4 Å². The van der Waals surface area contributed by atoms with Gasteiger partial charge in [-0.2, -0.15) is 0 Å². The minimum Gasteiger partial charge on any atom is -0.493 e. The summed E-state index contributed by atoms with van der Waals surface area (Å²) in [4.78, 5) is 20.9. The Kier molecular flexibility index (Phi) is 5.05. The van der Waals surface area contributed by atoms with Gasteiger partial charge in [0.1, 0.15) is 17.1 Å². The molecule has 1 N–H and O–H groups in total. The van der Waals surface area contributed by atoms with Gasteiger partial charge in [0, 0.05) is 23.0 Å². The van der Waals surface area contributed by atoms with Crippen LogP contribution >= 0.6 is 11.3 Å². The second-order valence-corrected chi connectivity index (χ2v) is 6.74. The van der Waals surface area contributed by atoms with Crippen molar-refractivity contribution in [3.8, 4) is 5.75 Å². The van der Waals surface area contributed by atoms with Gasteiger partial charge in [-0.05, 0) is 24.3 Å². The summed E-state index contributed by atoms with van der Waals surface area (Å²) in [6, 6.07) is 9.66. The summed E-state index contributed by atoms with van der Waals surface area (Å²) in [5, 5.41) is 5.34. The fraction of sp³-hybridized carbons (Fsp3) is 0.0500. The van der Waals surface area contributed by atoms with Gasteiger partial charge in [0.2, 0.25) is 5.55 Å². The Hall–Kier alpha value is -3.59. The fourth-order valence-corrected chi connectivity index (χ4v) is 3.19. The molecule has 0 radical (unpaired) electrons. The Bertz CT molecular complexity index is 1270. The van der Waals surface area contributed by atoms with Crippen molar-refractivity contribution in [2.24, 2.45) is 4.99 Å². The first-order valence-corrected chi connectivity index (χ1v) is 9.24. The van der Waals surface area contributed by atoms with Crippen LogP contribution in [-0.2, 0) is 0 Å². The highest BCUT2D eigenvalue weighted by molar-refractivity contribution is 7.13. The minimum atomic E-state index is -0.883. The average molecular weight is 413 g/mol. The summed E-state index contributed by atoms with van der Waals surface area (Å²) in [5.41, 5.74) is 0.0704. The molecule has 0 unspecified atom stereocenters. The maximum atomic E-state index is 14.1. The Morgan fingerprint density at radius 3 is 2.83 bits per heavy atom. The summed E-state index contributed by atoms with van der Waals surface area (Å²) in [5.74, 6) is -1.73. The molecule has 0 atom stereocenters. The first kappa shape index (κ1) is 18.8. The number of para-hydroxylation sites is 1. The van der Waals surface area contributed by atoms with Gasteiger partial charge in [-0.1, -0.05) is 12.1 Å². The fourth-order valence-electron chi connectivity index (χ4n) is 2.66. The molecule has 0 spiro atoms. The molecular formula is C20H13F2N3O3S. The van der Waals surface area contributed by atoms with Crippen molar-refractivity contribution in [3.05, 3.63) is 76.8 Å². The number of thiazole rings is 1. The minimum absolute atomic E-state index is 0.0599. The molecule has 0 bridgehead atoms. The van der Waals surface area contributed by atoms with Crippen molar-refractivity contribution in [1.82, 2.24) is 4.98 Å². The number of hydrogen-bond donors (Lipinski definition) is 1. The van der Waals surface area contributed by atoms with E-state index in [1.807, 2.05) is 0 Å². The smallest absolute Gasteiger partial charge is 0.262 e.